The Morgan fingerprint density at radius 2 is 2.11 bits per heavy atom. The number of hydrogen-bond donors (Lipinski definition) is 0. The summed E-state index contributed by atoms with van der Waals surface area (Å²) in [5.74, 6) is -1.95. The summed E-state index contributed by atoms with van der Waals surface area (Å²) in [7, 11) is 0.960. The van der Waals surface area contributed by atoms with E-state index in [1.54, 1.807) is 0 Å². The first-order valence-corrected chi connectivity index (χ1v) is 5.45. The normalized spacial score (nSPS) is 11.2. The molecule has 0 aliphatic heterocycles. The van der Waals surface area contributed by atoms with Crippen molar-refractivity contribution < 1.29 is 31.8 Å². The van der Waals surface area contributed by atoms with Crippen molar-refractivity contribution in [1.82, 2.24) is 4.98 Å². The predicted octanol–water partition coefficient (Wildman–Crippen LogP) is 2.84. The monoisotopic (exact) mass is 379 g/mol. The minimum absolute atomic E-state index is 0.0810. The lowest BCUT2D eigenvalue weighted by Gasteiger charge is -2.15. The minimum Gasteiger partial charge on any atom is -0.465 e. The fourth-order valence-corrected chi connectivity index (χ4v) is 1.66. The molecule has 100 valence electrons. The molecule has 0 N–H and O–H groups in total. The molecule has 0 saturated carbocycles. The van der Waals surface area contributed by atoms with Gasteiger partial charge in [-0.15, -0.1) is 13.2 Å². The van der Waals surface area contributed by atoms with Crippen molar-refractivity contribution in [2.45, 2.75) is 13.0 Å². The predicted molar refractivity (Wildman–Crippen MR) is 59.8 cm³/mol. The van der Waals surface area contributed by atoms with Crippen LogP contribution in [0.2, 0.25) is 0 Å². The Morgan fingerprint density at radius 1 is 1.50 bits per heavy atom. The smallest absolute Gasteiger partial charge is 0.465 e. The summed E-state index contributed by atoms with van der Waals surface area (Å²) in [5.41, 5.74) is -1.13. The number of hydrogen-bond acceptors (Lipinski definition) is 4. The summed E-state index contributed by atoms with van der Waals surface area (Å²) in [6.07, 6.45) is -4.03. The average molecular weight is 379 g/mol. The fraction of sp³-hybridized carbons (Fsp3) is 0.333. The number of methoxy groups -OCH3 is 1. The van der Waals surface area contributed by atoms with Crippen molar-refractivity contribution in [3.05, 3.63) is 21.0 Å². The maximum atomic E-state index is 12.6. The number of ether oxygens (including phenoxy) is 2. The number of alkyl halides is 4. The molecular formula is C9H6F4INO3. The third kappa shape index (κ3) is 3.43. The van der Waals surface area contributed by atoms with E-state index in [2.05, 4.69) is 14.5 Å². The number of carbonyl (C=O) groups is 1. The molecule has 0 aromatic carbocycles. The average Bonchev–Trinajstić information content (AvgIpc) is 2.29. The summed E-state index contributed by atoms with van der Waals surface area (Å²) in [6.45, 7) is -1.21. The molecule has 0 aliphatic carbocycles. The topological polar surface area (TPSA) is 48.4 Å². The van der Waals surface area contributed by atoms with Crippen LogP contribution in [0.1, 0.15) is 16.1 Å². The molecule has 0 atom stereocenters. The molecule has 0 aliphatic rings. The second-order valence-electron chi connectivity index (χ2n) is 2.93. The first-order chi connectivity index (χ1) is 8.30. The van der Waals surface area contributed by atoms with Gasteiger partial charge in [0.15, 0.2) is 5.75 Å². The molecule has 1 heterocycles. The maximum absolute atomic E-state index is 12.6. The van der Waals surface area contributed by atoms with Crippen molar-refractivity contribution in [3.8, 4) is 5.75 Å². The van der Waals surface area contributed by atoms with Crippen LogP contribution in [0.4, 0.5) is 17.6 Å². The molecule has 0 amide bonds. The minimum atomic E-state index is -5.00. The third-order valence-electron chi connectivity index (χ3n) is 1.80. The number of carbonyl (C=O) groups excluding carboxylic acids is 1. The fourth-order valence-electron chi connectivity index (χ4n) is 1.14. The van der Waals surface area contributed by atoms with Crippen molar-refractivity contribution >= 4 is 28.6 Å². The number of esters is 1. The molecule has 0 radical (unpaired) electrons. The highest BCUT2D eigenvalue weighted by Crippen LogP contribution is 2.33. The van der Waals surface area contributed by atoms with E-state index in [1.807, 2.05) is 0 Å². The first kappa shape index (κ1) is 14.9. The van der Waals surface area contributed by atoms with E-state index < -0.39 is 36.0 Å². The second kappa shape index (κ2) is 5.67. The molecule has 0 spiro atoms. The van der Waals surface area contributed by atoms with E-state index in [0.29, 0.717) is 0 Å². The molecule has 9 heteroatoms. The zero-order valence-electron chi connectivity index (χ0n) is 8.85. The molecule has 0 saturated heterocycles. The van der Waals surface area contributed by atoms with Gasteiger partial charge in [0.25, 0.3) is 0 Å². The molecule has 1 aromatic heterocycles. The highest BCUT2D eigenvalue weighted by molar-refractivity contribution is 14.1. The highest BCUT2D eigenvalue weighted by atomic mass is 127. The van der Waals surface area contributed by atoms with Crippen LogP contribution in [0.15, 0.2) is 6.20 Å². The summed E-state index contributed by atoms with van der Waals surface area (Å²) in [5, 5.41) is 0. The Balaban J connectivity index is 3.41. The van der Waals surface area contributed by atoms with Crippen LogP contribution in [-0.4, -0.2) is 24.4 Å². The Bertz CT molecular complexity index is 464. The van der Waals surface area contributed by atoms with Gasteiger partial charge in [-0.05, 0) is 22.6 Å². The summed E-state index contributed by atoms with van der Waals surface area (Å²) < 4.78 is 57.2. The second-order valence-corrected chi connectivity index (χ2v) is 4.09. The van der Waals surface area contributed by atoms with E-state index in [4.69, 9.17) is 0 Å². The van der Waals surface area contributed by atoms with Crippen molar-refractivity contribution in [3.63, 3.8) is 0 Å². The molecule has 1 aromatic rings. The van der Waals surface area contributed by atoms with Crippen LogP contribution in [-0.2, 0) is 11.4 Å². The van der Waals surface area contributed by atoms with E-state index >= 15 is 0 Å². The van der Waals surface area contributed by atoms with Crippen molar-refractivity contribution in [2.75, 3.05) is 7.11 Å². The molecular weight excluding hydrogens is 373 g/mol. The Kier molecular flexibility index (Phi) is 4.71. The van der Waals surface area contributed by atoms with Crippen LogP contribution < -0.4 is 4.74 Å². The lowest BCUT2D eigenvalue weighted by Crippen LogP contribution is -2.21. The van der Waals surface area contributed by atoms with Crippen LogP contribution in [0.25, 0.3) is 0 Å². The lowest BCUT2D eigenvalue weighted by molar-refractivity contribution is -0.275. The SMILES string of the molecule is COC(=O)c1c(CF)ncc(I)c1OC(F)(F)F. The Morgan fingerprint density at radius 3 is 2.56 bits per heavy atom. The zero-order chi connectivity index (χ0) is 13.9. The summed E-state index contributed by atoms with van der Waals surface area (Å²) in [4.78, 5) is 14.9. The molecule has 0 fully saturated rings. The summed E-state index contributed by atoms with van der Waals surface area (Å²) in [6, 6.07) is 0. The summed E-state index contributed by atoms with van der Waals surface area (Å²) >= 11 is 1.49. The first-order valence-electron chi connectivity index (χ1n) is 4.37. The van der Waals surface area contributed by atoms with Crippen LogP contribution >= 0.6 is 22.6 Å². The Labute approximate surface area is 112 Å². The quantitative estimate of drug-likeness (QED) is 0.461. The van der Waals surface area contributed by atoms with E-state index in [1.165, 1.54) is 22.6 Å². The standard InChI is InChI=1S/C9H6F4INO3/c1-17-8(16)6-5(2-10)15-3-4(14)7(6)18-9(11,12)13/h3H,2H2,1H3. The molecule has 0 unspecified atom stereocenters. The number of rotatable bonds is 3. The van der Waals surface area contributed by atoms with E-state index in [0.717, 1.165) is 13.3 Å². The molecule has 4 nitrogen and oxygen atoms in total. The van der Waals surface area contributed by atoms with Gasteiger partial charge in [0.1, 0.15) is 12.2 Å². The zero-order valence-corrected chi connectivity index (χ0v) is 11.0. The number of aromatic nitrogens is 1. The number of nitrogens with zero attached hydrogens (tertiary/aromatic N) is 1. The molecule has 1 rings (SSSR count). The van der Waals surface area contributed by atoms with Crippen LogP contribution in [0.5, 0.6) is 5.75 Å². The van der Waals surface area contributed by atoms with Crippen molar-refractivity contribution in [1.29, 1.82) is 0 Å². The highest BCUT2D eigenvalue weighted by Gasteiger charge is 2.35. The Hall–Kier alpha value is -1.13. The van der Waals surface area contributed by atoms with Gasteiger partial charge in [0, 0.05) is 6.20 Å². The molecule has 0 bridgehead atoms. The maximum Gasteiger partial charge on any atom is 0.573 e. The largest absolute Gasteiger partial charge is 0.573 e. The van der Waals surface area contributed by atoms with E-state index in [9.17, 15) is 22.4 Å². The van der Waals surface area contributed by atoms with Crippen molar-refractivity contribution in [2.24, 2.45) is 0 Å². The van der Waals surface area contributed by atoms with Gasteiger partial charge >= 0.3 is 12.3 Å². The van der Waals surface area contributed by atoms with Gasteiger partial charge in [0.2, 0.25) is 0 Å². The molecule has 18 heavy (non-hydrogen) atoms. The lowest BCUT2D eigenvalue weighted by atomic mass is 10.2. The van der Waals surface area contributed by atoms with Gasteiger partial charge in [-0.25, -0.2) is 9.18 Å². The van der Waals surface area contributed by atoms with Gasteiger partial charge in [-0.2, -0.15) is 0 Å². The van der Waals surface area contributed by atoms with Gasteiger partial charge < -0.3 is 9.47 Å². The van der Waals surface area contributed by atoms with Gasteiger partial charge in [0.05, 0.1) is 16.4 Å². The van der Waals surface area contributed by atoms with Crippen LogP contribution in [0, 0.1) is 3.57 Å². The van der Waals surface area contributed by atoms with E-state index in [-0.39, 0.29) is 3.57 Å². The number of halogens is 5. The van der Waals surface area contributed by atoms with Gasteiger partial charge in [-0.3, -0.25) is 4.98 Å². The van der Waals surface area contributed by atoms with Gasteiger partial charge in [-0.1, -0.05) is 0 Å². The van der Waals surface area contributed by atoms with Crippen LogP contribution in [0.3, 0.4) is 0 Å². The third-order valence-corrected chi connectivity index (χ3v) is 2.57. The number of pyridine rings is 1.